The maximum atomic E-state index is 12.3. The third-order valence-electron chi connectivity index (χ3n) is 3.69. The first-order valence-electron chi connectivity index (χ1n) is 8.00. The number of carbonyl (C=O) groups excluding carboxylic acids is 1. The number of hydrogen-bond donors (Lipinski definition) is 2. The summed E-state index contributed by atoms with van der Waals surface area (Å²) in [5.41, 5.74) is 8.41. The third kappa shape index (κ3) is 4.16. The van der Waals surface area contributed by atoms with Gasteiger partial charge in [0.05, 0.1) is 6.61 Å². The van der Waals surface area contributed by atoms with E-state index < -0.39 is 0 Å². The minimum absolute atomic E-state index is 0.114. The van der Waals surface area contributed by atoms with Crippen LogP contribution < -0.4 is 10.5 Å². The van der Waals surface area contributed by atoms with E-state index in [0.717, 1.165) is 11.1 Å². The zero-order valence-electron chi connectivity index (χ0n) is 14.2. The Labute approximate surface area is 142 Å². The molecule has 0 unspecified atom stereocenters. The number of ether oxygens (including phenoxy) is 1. The van der Waals surface area contributed by atoms with E-state index in [0.29, 0.717) is 23.6 Å². The molecule has 4 nitrogen and oxygen atoms in total. The molecule has 0 bridgehead atoms. The van der Waals surface area contributed by atoms with Crippen LogP contribution in [0, 0.1) is 0 Å². The number of benzene rings is 2. The molecule has 0 radical (unpaired) electrons. The standard InChI is InChI=1S/C20H23NO3/c1-4-24-20-12-19(23)17(13(2)3)11-15(20)7-10-18(22)14-5-8-16(21)9-6-14/h5-13,23H,4,21H2,1-3H3. The first-order valence-corrected chi connectivity index (χ1v) is 8.00. The van der Waals surface area contributed by atoms with Gasteiger partial charge < -0.3 is 15.6 Å². The lowest BCUT2D eigenvalue weighted by molar-refractivity contribution is 0.104. The van der Waals surface area contributed by atoms with E-state index in [1.165, 1.54) is 6.08 Å². The largest absolute Gasteiger partial charge is 0.508 e. The van der Waals surface area contributed by atoms with E-state index in [1.54, 1.807) is 36.4 Å². The van der Waals surface area contributed by atoms with Crippen molar-refractivity contribution in [2.24, 2.45) is 0 Å². The highest BCUT2D eigenvalue weighted by molar-refractivity contribution is 6.07. The number of rotatable bonds is 6. The summed E-state index contributed by atoms with van der Waals surface area (Å²) in [7, 11) is 0. The number of phenols is 1. The van der Waals surface area contributed by atoms with Gasteiger partial charge in [0.25, 0.3) is 0 Å². The molecule has 0 aliphatic heterocycles. The molecule has 2 aromatic rings. The Morgan fingerprint density at radius 1 is 1.25 bits per heavy atom. The molecule has 126 valence electrons. The number of allylic oxidation sites excluding steroid dienone is 1. The van der Waals surface area contributed by atoms with Crippen molar-refractivity contribution in [2.45, 2.75) is 26.7 Å². The van der Waals surface area contributed by atoms with E-state index in [2.05, 4.69) is 0 Å². The maximum Gasteiger partial charge on any atom is 0.185 e. The highest BCUT2D eigenvalue weighted by atomic mass is 16.5. The van der Waals surface area contributed by atoms with E-state index >= 15 is 0 Å². The Balaban J connectivity index is 2.34. The van der Waals surface area contributed by atoms with Gasteiger partial charge in [-0.3, -0.25) is 4.79 Å². The highest BCUT2D eigenvalue weighted by Crippen LogP contribution is 2.33. The van der Waals surface area contributed by atoms with Crippen molar-refractivity contribution in [1.29, 1.82) is 0 Å². The number of hydrogen-bond acceptors (Lipinski definition) is 4. The zero-order valence-corrected chi connectivity index (χ0v) is 14.2. The molecule has 0 amide bonds. The topological polar surface area (TPSA) is 72.5 Å². The van der Waals surface area contributed by atoms with Crippen molar-refractivity contribution >= 4 is 17.5 Å². The molecule has 3 N–H and O–H groups in total. The van der Waals surface area contributed by atoms with E-state index in [1.807, 2.05) is 26.8 Å². The van der Waals surface area contributed by atoms with E-state index in [4.69, 9.17) is 10.5 Å². The van der Waals surface area contributed by atoms with Crippen molar-refractivity contribution in [3.8, 4) is 11.5 Å². The molecular weight excluding hydrogens is 302 g/mol. The smallest absolute Gasteiger partial charge is 0.185 e. The van der Waals surface area contributed by atoms with Gasteiger partial charge in [0, 0.05) is 22.9 Å². The van der Waals surface area contributed by atoms with E-state index in [-0.39, 0.29) is 17.5 Å². The third-order valence-corrected chi connectivity index (χ3v) is 3.69. The van der Waals surface area contributed by atoms with Gasteiger partial charge in [0.15, 0.2) is 5.78 Å². The van der Waals surface area contributed by atoms with Crippen LogP contribution in [0.1, 0.15) is 48.2 Å². The monoisotopic (exact) mass is 325 g/mol. The molecule has 0 aliphatic rings. The summed E-state index contributed by atoms with van der Waals surface area (Å²) in [5, 5.41) is 10.1. The van der Waals surface area contributed by atoms with Gasteiger partial charge >= 0.3 is 0 Å². The zero-order chi connectivity index (χ0) is 17.7. The summed E-state index contributed by atoms with van der Waals surface area (Å²) in [4.78, 5) is 12.3. The van der Waals surface area contributed by atoms with Crippen LogP contribution in [0.25, 0.3) is 6.08 Å². The molecule has 2 aromatic carbocycles. The lowest BCUT2D eigenvalue weighted by Crippen LogP contribution is -1.98. The summed E-state index contributed by atoms with van der Waals surface area (Å²) in [5.74, 6) is 0.813. The first-order chi connectivity index (χ1) is 11.4. The van der Waals surface area contributed by atoms with Gasteiger partial charge in [0.1, 0.15) is 11.5 Å². The van der Waals surface area contributed by atoms with Crippen molar-refractivity contribution < 1.29 is 14.6 Å². The molecular formula is C20H23NO3. The Hall–Kier alpha value is -2.75. The molecule has 0 aliphatic carbocycles. The van der Waals surface area contributed by atoms with Gasteiger partial charge in [-0.1, -0.05) is 13.8 Å². The van der Waals surface area contributed by atoms with Crippen LogP contribution in [0.4, 0.5) is 5.69 Å². The summed E-state index contributed by atoms with van der Waals surface area (Å²) in [6.45, 7) is 6.36. The van der Waals surface area contributed by atoms with Gasteiger partial charge in [-0.15, -0.1) is 0 Å². The Bertz CT molecular complexity index is 746. The van der Waals surface area contributed by atoms with Crippen molar-refractivity contribution in [2.75, 3.05) is 12.3 Å². The molecule has 0 atom stereocenters. The highest BCUT2D eigenvalue weighted by Gasteiger charge is 2.12. The van der Waals surface area contributed by atoms with Gasteiger partial charge in [-0.05, 0) is 60.9 Å². The van der Waals surface area contributed by atoms with Crippen LogP contribution in [0.3, 0.4) is 0 Å². The summed E-state index contributed by atoms with van der Waals surface area (Å²) < 4.78 is 5.57. The lowest BCUT2D eigenvalue weighted by Gasteiger charge is -2.14. The van der Waals surface area contributed by atoms with Crippen LogP contribution in [0.15, 0.2) is 42.5 Å². The number of carbonyl (C=O) groups is 1. The van der Waals surface area contributed by atoms with Crippen LogP contribution >= 0.6 is 0 Å². The second-order valence-electron chi connectivity index (χ2n) is 5.86. The SMILES string of the molecule is CCOc1cc(O)c(C(C)C)cc1C=CC(=O)c1ccc(N)cc1. The molecule has 4 heteroatoms. The van der Waals surface area contributed by atoms with Gasteiger partial charge in [0.2, 0.25) is 0 Å². The summed E-state index contributed by atoms with van der Waals surface area (Å²) >= 11 is 0. The molecule has 0 saturated carbocycles. The number of nitrogen functional groups attached to an aromatic ring is 1. The number of ketones is 1. The predicted molar refractivity (Wildman–Crippen MR) is 97.6 cm³/mol. The average molecular weight is 325 g/mol. The first kappa shape index (κ1) is 17.6. The molecule has 24 heavy (non-hydrogen) atoms. The minimum Gasteiger partial charge on any atom is -0.508 e. The van der Waals surface area contributed by atoms with Gasteiger partial charge in [-0.2, -0.15) is 0 Å². The van der Waals surface area contributed by atoms with Crippen molar-refractivity contribution in [1.82, 2.24) is 0 Å². The van der Waals surface area contributed by atoms with Crippen LogP contribution in [-0.2, 0) is 0 Å². The fraction of sp³-hybridized carbons (Fsp3) is 0.250. The summed E-state index contributed by atoms with van der Waals surface area (Å²) in [6, 6.07) is 10.3. The molecule has 0 saturated heterocycles. The number of phenolic OH excluding ortho intramolecular Hbond substituents is 1. The molecule has 0 spiro atoms. The van der Waals surface area contributed by atoms with Crippen molar-refractivity contribution in [3.63, 3.8) is 0 Å². The maximum absolute atomic E-state index is 12.3. The second kappa shape index (κ2) is 7.68. The van der Waals surface area contributed by atoms with E-state index in [9.17, 15) is 9.90 Å². The Morgan fingerprint density at radius 2 is 1.92 bits per heavy atom. The molecule has 2 rings (SSSR count). The fourth-order valence-corrected chi connectivity index (χ4v) is 2.39. The van der Waals surface area contributed by atoms with Crippen LogP contribution in [0.2, 0.25) is 0 Å². The van der Waals surface area contributed by atoms with Gasteiger partial charge in [-0.25, -0.2) is 0 Å². The number of anilines is 1. The average Bonchev–Trinajstić information content (AvgIpc) is 2.54. The lowest BCUT2D eigenvalue weighted by atomic mass is 9.98. The number of aromatic hydroxyl groups is 1. The molecule has 0 fully saturated rings. The second-order valence-corrected chi connectivity index (χ2v) is 5.86. The summed E-state index contributed by atoms with van der Waals surface area (Å²) in [6.07, 6.45) is 3.22. The van der Waals surface area contributed by atoms with Crippen molar-refractivity contribution in [3.05, 3.63) is 59.2 Å². The van der Waals surface area contributed by atoms with Crippen LogP contribution in [0.5, 0.6) is 11.5 Å². The fourth-order valence-electron chi connectivity index (χ4n) is 2.39. The number of nitrogens with two attached hydrogens (primary N) is 1. The predicted octanol–water partition coefficient (Wildman–Crippen LogP) is 4.39. The molecule has 0 aromatic heterocycles. The normalized spacial score (nSPS) is 11.2. The quantitative estimate of drug-likeness (QED) is 0.469. The van der Waals surface area contributed by atoms with Crippen LogP contribution in [-0.4, -0.2) is 17.5 Å². The minimum atomic E-state index is -0.114. The Morgan fingerprint density at radius 3 is 2.50 bits per heavy atom. The Kier molecular flexibility index (Phi) is 5.64. The molecule has 0 heterocycles.